The van der Waals surface area contributed by atoms with Gasteiger partial charge in [-0.3, -0.25) is 4.79 Å². The summed E-state index contributed by atoms with van der Waals surface area (Å²) < 4.78 is 1.92. The summed E-state index contributed by atoms with van der Waals surface area (Å²) >= 11 is 1.60. The fourth-order valence-corrected chi connectivity index (χ4v) is 3.43. The van der Waals surface area contributed by atoms with E-state index in [-0.39, 0.29) is 5.91 Å². The van der Waals surface area contributed by atoms with Crippen molar-refractivity contribution in [2.24, 2.45) is 12.1 Å². The molecule has 6 heteroatoms. The van der Waals surface area contributed by atoms with Crippen LogP contribution in [0.2, 0.25) is 0 Å². The molecule has 1 aromatic carbocycles. The van der Waals surface area contributed by atoms with E-state index in [0.717, 1.165) is 27.2 Å². The molecule has 0 fully saturated rings. The van der Waals surface area contributed by atoms with E-state index < -0.39 is 0 Å². The average molecular weight is 360 g/mol. The minimum Gasteiger partial charge on any atom is -0.350 e. The molecule has 0 unspecified atom stereocenters. The topological polar surface area (TPSA) is 59.3 Å². The van der Waals surface area contributed by atoms with Gasteiger partial charge in [-0.25, -0.2) is 10.4 Å². The molecule has 3 heterocycles. The van der Waals surface area contributed by atoms with E-state index in [1.165, 1.54) is 0 Å². The number of hydrogen-bond acceptors (Lipinski definition) is 4. The Hall–Kier alpha value is -3.25. The third kappa shape index (κ3) is 3.14. The average Bonchev–Trinajstić information content (AvgIpc) is 3.33. The molecule has 0 aliphatic carbocycles. The van der Waals surface area contributed by atoms with Gasteiger partial charge in [-0.05, 0) is 35.7 Å². The molecule has 0 saturated heterocycles. The highest BCUT2D eigenvalue weighted by molar-refractivity contribution is 7.13. The second-order valence-corrected chi connectivity index (χ2v) is 6.74. The van der Waals surface area contributed by atoms with E-state index in [1.807, 2.05) is 77.8 Å². The van der Waals surface area contributed by atoms with Crippen LogP contribution in [-0.2, 0) is 7.05 Å². The van der Waals surface area contributed by atoms with Crippen LogP contribution in [0, 0.1) is 0 Å². The zero-order valence-electron chi connectivity index (χ0n) is 14.1. The SMILES string of the molecule is Cn1cccc1/C=N\NC(=O)c1cc(-c2cccs2)nc2ccccc12. The summed E-state index contributed by atoms with van der Waals surface area (Å²) in [5.41, 5.74) is 5.66. The van der Waals surface area contributed by atoms with E-state index in [1.54, 1.807) is 17.6 Å². The Morgan fingerprint density at radius 3 is 2.85 bits per heavy atom. The lowest BCUT2D eigenvalue weighted by Crippen LogP contribution is -2.18. The number of aromatic nitrogens is 2. The Morgan fingerprint density at radius 2 is 2.08 bits per heavy atom. The van der Waals surface area contributed by atoms with Crippen molar-refractivity contribution in [2.45, 2.75) is 0 Å². The molecule has 1 N–H and O–H groups in total. The summed E-state index contributed by atoms with van der Waals surface area (Å²) in [7, 11) is 1.92. The molecule has 0 spiro atoms. The van der Waals surface area contributed by atoms with Crippen LogP contribution in [0.4, 0.5) is 0 Å². The number of rotatable bonds is 4. The first-order chi connectivity index (χ1) is 12.7. The predicted molar refractivity (Wildman–Crippen MR) is 106 cm³/mol. The maximum atomic E-state index is 12.7. The number of nitrogens with one attached hydrogen (secondary N) is 1. The minimum absolute atomic E-state index is 0.258. The van der Waals surface area contributed by atoms with Crippen LogP contribution in [0.15, 0.2) is 71.3 Å². The summed E-state index contributed by atoms with van der Waals surface area (Å²) in [5.74, 6) is -0.258. The predicted octanol–water partition coefficient (Wildman–Crippen LogP) is 4.07. The summed E-state index contributed by atoms with van der Waals surface area (Å²) in [4.78, 5) is 18.4. The van der Waals surface area contributed by atoms with Crippen molar-refractivity contribution in [3.05, 3.63) is 77.4 Å². The van der Waals surface area contributed by atoms with Gasteiger partial charge in [0.2, 0.25) is 0 Å². The lowest BCUT2D eigenvalue weighted by molar-refractivity contribution is 0.0956. The van der Waals surface area contributed by atoms with Crippen LogP contribution < -0.4 is 5.43 Å². The summed E-state index contributed by atoms with van der Waals surface area (Å²) in [6.07, 6.45) is 3.55. The molecule has 5 nitrogen and oxygen atoms in total. The zero-order valence-corrected chi connectivity index (χ0v) is 14.9. The van der Waals surface area contributed by atoms with Gasteiger partial charge in [0.05, 0.1) is 33.6 Å². The number of carbonyl (C=O) groups is 1. The van der Waals surface area contributed by atoms with E-state index >= 15 is 0 Å². The van der Waals surface area contributed by atoms with Crippen molar-refractivity contribution in [3.8, 4) is 10.6 Å². The Bertz CT molecular complexity index is 1100. The number of fused-ring (bicyclic) bond motifs is 1. The van der Waals surface area contributed by atoms with Crippen LogP contribution >= 0.6 is 11.3 Å². The van der Waals surface area contributed by atoms with Gasteiger partial charge in [-0.1, -0.05) is 24.3 Å². The highest BCUT2D eigenvalue weighted by Crippen LogP contribution is 2.27. The number of benzene rings is 1. The molecule has 0 atom stereocenters. The second-order valence-electron chi connectivity index (χ2n) is 5.79. The van der Waals surface area contributed by atoms with Crippen LogP contribution in [-0.4, -0.2) is 21.7 Å². The first-order valence-electron chi connectivity index (χ1n) is 8.11. The monoisotopic (exact) mass is 360 g/mol. The quantitative estimate of drug-likeness (QED) is 0.441. The van der Waals surface area contributed by atoms with E-state index in [9.17, 15) is 4.79 Å². The summed E-state index contributed by atoms with van der Waals surface area (Å²) in [6.45, 7) is 0. The Morgan fingerprint density at radius 1 is 1.19 bits per heavy atom. The Balaban J connectivity index is 1.69. The second kappa shape index (κ2) is 6.93. The van der Waals surface area contributed by atoms with E-state index in [4.69, 9.17) is 0 Å². The van der Waals surface area contributed by atoms with Crippen LogP contribution in [0.1, 0.15) is 16.1 Å². The van der Waals surface area contributed by atoms with Crippen molar-refractivity contribution in [1.82, 2.24) is 15.0 Å². The molecule has 0 bridgehead atoms. The maximum absolute atomic E-state index is 12.7. The van der Waals surface area contributed by atoms with Crippen molar-refractivity contribution in [1.29, 1.82) is 0 Å². The molecule has 3 aromatic heterocycles. The Kier molecular flexibility index (Phi) is 4.33. The first-order valence-corrected chi connectivity index (χ1v) is 8.99. The molecule has 0 aliphatic heterocycles. The number of amides is 1. The number of hydrazone groups is 1. The largest absolute Gasteiger partial charge is 0.350 e. The molecule has 0 aliphatic rings. The summed E-state index contributed by atoms with van der Waals surface area (Å²) in [5, 5.41) is 6.89. The van der Waals surface area contributed by atoms with Gasteiger partial charge in [0.15, 0.2) is 0 Å². The normalized spacial score (nSPS) is 11.3. The van der Waals surface area contributed by atoms with Gasteiger partial charge in [0, 0.05) is 18.6 Å². The van der Waals surface area contributed by atoms with Crippen molar-refractivity contribution in [2.75, 3.05) is 0 Å². The third-order valence-corrected chi connectivity index (χ3v) is 4.97. The van der Waals surface area contributed by atoms with Gasteiger partial charge < -0.3 is 4.57 Å². The number of nitrogens with zero attached hydrogens (tertiary/aromatic N) is 3. The molecule has 1 amide bonds. The number of hydrogen-bond donors (Lipinski definition) is 1. The van der Waals surface area contributed by atoms with Crippen molar-refractivity contribution in [3.63, 3.8) is 0 Å². The molecule has 4 aromatic rings. The first kappa shape index (κ1) is 16.2. The number of para-hydroxylation sites is 1. The lowest BCUT2D eigenvalue weighted by Gasteiger charge is -2.08. The standard InChI is InChI=1S/C20H16N4OS/c1-24-10-4-6-14(24)13-21-23-20(25)16-12-18(19-9-5-11-26-19)22-17-8-3-2-7-15(16)17/h2-13H,1H3,(H,23,25)/b21-13-. The fraction of sp³-hybridized carbons (Fsp3) is 0.0500. The number of thiophene rings is 1. The molecular weight excluding hydrogens is 344 g/mol. The van der Waals surface area contributed by atoms with E-state index in [0.29, 0.717) is 5.56 Å². The fourth-order valence-electron chi connectivity index (χ4n) is 2.74. The van der Waals surface area contributed by atoms with Gasteiger partial charge in [0.25, 0.3) is 5.91 Å². The van der Waals surface area contributed by atoms with Crippen molar-refractivity contribution < 1.29 is 4.79 Å². The number of carbonyl (C=O) groups excluding carboxylic acids is 1. The number of aryl methyl sites for hydroxylation is 1. The van der Waals surface area contributed by atoms with Gasteiger partial charge in [0.1, 0.15) is 0 Å². The van der Waals surface area contributed by atoms with Gasteiger partial charge >= 0.3 is 0 Å². The van der Waals surface area contributed by atoms with Gasteiger partial charge in [-0.2, -0.15) is 5.10 Å². The molecule has 128 valence electrons. The molecule has 0 saturated carbocycles. The van der Waals surface area contributed by atoms with Crippen LogP contribution in [0.3, 0.4) is 0 Å². The molecule has 0 radical (unpaired) electrons. The lowest BCUT2D eigenvalue weighted by atomic mass is 10.1. The summed E-state index contributed by atoms with van der Waals surface area (Å²) in [6, 6.07) is 17.3. The highest BCUT2D eigenvalue weighted by Gasteiger charge is 2.13. The van der Waals surface area contributed by atoms with Crippen LogP contribution in [0.25, 0.3) is 21.5 Å². The molecule has 4 rings (SSSR count). The Labute approximate surface area is 154 Å². The van der Waals surface area contributed by atoms with Crippen molar-refractivity contribution >= 4 is 34.4 Å². The van der Waals surface area contributed by atoms with Gasteiger partial charge in [-0.15, -0.1) is 11.3 Å². The highest BCUT2D eigenvalue weighted by atomic mass is 32.1. The minimum atomic E-state index is -0.258. The molecule has 26 heavy (non-hydrogen) atoms. The zero-order chi connectivity index (χ0) is 17.9. The maximum Gasteiger partial charge on any atom is 0.272 e. The molecular formula is C20H16N4OS. The van der Waals surface area contributed by atoms with Crippen LogP contribution in [0.5, 0.6) is 0 Å². The van der Waals surface area contributed by atoms with E-state index in [2.05, 4.69) is 15.5 Å². The smallest absolute Gasteiger partial charge is 0.272 e. The number of pyridine rings is 1. The third-order valence-electron chi connectivity index (χ3n) is 4.08.